The number of rotatable bonds is 2. The number of alkyl halides is 2. The molecular formula is C14H9F2NO. The second kappa shape index (κ2) is 4.22. The van der Waals surface area contributed by atoms with Crippen LogP contribution in [0.3, 0.4) is 0 Å². The smallest absolute Gasteiger partial charge is 0.265 e. The molecule has 0 spiro atoms. The van der Waals surface area contributed by atoms with Crippen molar-refractivity contribution < 1.29 is 13.2 Å². The first kappa shape index (κ1) is 10.9. The Hall–Kier alpha value is -2.23. The lowest BCUT2D eigenvalue weighted by atomic mass is 10.1. The van der Waals surface area contributed by atoms with Crippen LogP contribution >= 0.6 is 0 Å². The largest absolute Gasteiger partial charge is 0.456 e. The highest BCUT2D eigenvalue weighted by Gasteiger charge is 2.11. The number of aromatic nitrogens is 1. The zero-order valence-corrected chi connectivity index (χ0v) is 9.31. The Morgan fingerprint density at radius 2 is 1.89 bits per heavy atom. The van der Waals surface area contributed by atoms with E-state index < -0.39 is 6.43 Å². The molecule has 0 aliphatic heterocycles. The van der Waals surface area contributed by atoms with Crippen LogP contribution in [-0.2, 0) is 0 Å². The molecular weight excluding hydrogens is 236 g/mol. The van der Waals surface area contributed by atoms with Gasteiger partial charge in [0.1, 0.15) is 11.3 Å². The number of benzene rings is 1. The van der Waals surface area contributed by atoms with Crippen molar-refractivity contribution in [2.45, 2.75) is 6.43 Å². The van der Waals surface area contributed by atoms with Gasteiger partial charge in [-0.2, -0.15) is 0 Å². The zero-order valence-electron chi connectivity index (χ0n) is 9.31. The summed E-state index contributed by atoms with van der Waals surface area (Å²) in [5.74, 6) is 0.547. The second-order valence-corrected chi connectivity index (χ2v) is 3.96. The number of hydrogen-bond acceptors (Lipinski definition) is 2. The fourth-order valence-corrected chi connectivity index (χ4v) is 1.84. The lowest BCUT2D eigenvalue weighted by Crippen LogP contribution is -1.87. The molecule has 0 unspecified atom stereocenters. The van der Waals surface area contributed by atoms with Crippen LogP contribution in [0.25, 0.3) is 22.3 Å². The van der Waals surface area contributed by atoms with Crippen LogP contribution in [-0.4, -0.2) is 4.98 Å². The van der Waals surface area contributed by atoms with E-state index in [0.29, 0.717) is 11.3 Å². The lowest BCUT2D eigenvalue weighted by Gasteiger charge is -2.00. The number of nitrogens with zero attached hydrogens (tertiary/aromatic N) is 1. The summed E-state index contributed by atoms with van der Waals surface area (Å²) in [6.45, 7) is 0. The van der Waals surface area contributed by atoms with Crippen molar-refractivity contribution in [2.24, 2.45) is 0 Å². The van der Waals surface area contributed by atoms with Crippen molar-refractivity contribution in [3.63, 3.8) is 0 Å². The molecule has 0 bridgehead atoms. The van der Waals surface area contributed by atoms with Crippen LogP contribution in [0, 0.1) is 0 Å². The fourth-order valence-electron chi connectivity index (χ4n) is 1.84. The highest BCUT2D eigenvalue weighted by molar-refractivity contribution is 5.82. The van der Waals surface area contributed by atoms with E-state index in [-0.39, 0.29) is 5.56 Å². The Kier molecular flexibility index (Phi) is 2.55. The van der Waals surface area contributed by atoms with Crippen LogP contribution in [0.4, 0.5) is 8.78 Å². The minimum Gasteiger partial charge on any atom is -0.456 e. The SMILES string of the molecule is FC(F)c1cncc(-c2cc3ccccc3o2)c1. The van der Waals surface area contributed by atoms with Gasteiger partial charge in [0.2, 0.25) is 0 Å². The van der Waals surface area contributed by atoms with E-state index in [9.17, 15) is 8.78 Å². The summed E-state index contributed by atoms with van der Waals surface area (Å²) >= 11 is 0. The van der Waals surface area contributed by atoms with Gasteiger partial charge < -0.3 is 4.42 Å². The maximum Gasteiger partial charge on any atom is 0.265 e. The Morgan fingerprint density at radius 3 is 2.67 bits per heavy atom. The average molecular weight is 245 g/mol. The van der Waals surface area contributed by atoms with Crippen LogP contribution in [0.2, 0.25) is 0 Å². The van der Waals surface area contributed by atoms with Gasteiger partial charge in [-0.15, -0.1) is 0 Å². The summed E-state index contributed by atoms with van der Waals surface area (Å²) in [6, 6.07) is 10.7. The lowest BCUT2D eigenvalue weighted by molar-refractivity contribution is 0.151. The van der Waals surface area contributed by atoms with Gasteiger partial charge >= 0.3 is 0 Å². The van der Waals surface area contributed by atoms with E-state index in [1.807, 2.05) is 30.3 Å². The highest BCUT2D eigenvalue weighted by Crippen LogP contribution is 2.29. The molecule has 0 N–H and O–H groups in total. The monoisotopic (exact) mass is 245 g/mol. The van der Waals surface area contributed by atoms with Crippen LogP contribution < -0.4 is 0 Å². The molecule has 18 heavy (non-hydrogen) atoms. The molecule has 0 aliphatic carbocycles. The van der Waals surface area contributed by atoms with Crippen molar-refractivity contribution >= 4 is 11.0 Å². The van der Waals surface area contributed by atoms with Gasteiger partial charge in [0, 0.05) is 28.9 Å². The normalized spacial score (nSPS) is 11.3. The maximum atomic E-state index is 12.6. The fraction of sp³-hybridized carbons (Fsp3) is 0.0714. The molecule has 3 aromatic rings. The van der Waals surface area contributed by atoms with Crippen molar-refractivity contribution in [1.82, 2.24) is 4.98 Å². The molecule has 0 saturated carbocycles. The van der Waals surface area contributed by atoms with Gasteiger partial charge in [-0.25, -0.2) is 8.78 Å². The third kappa shape index (κ3) is 1.86. The third-order valence-corrected chi connectivity index (χ3v) is 2.72. The standard InChI is InChI=1S/C14H9F2NO/c15-14(16)11-5-10(7-17-8-11)13-6-9-3-1-2-4-12(9)18-13/h1-8,14H. The first-order valence-corrected chi connectivity index (χ1v) is 5.46. The maximum absolute atomic E-state index is 12.6. The zero-order chi connectivity index (χ0) is 12.5. The number of fused-ring (bicyclic) bond motifs is 1. The first-order chi connectivity index (χ1) is 8.74. The van der Waals surface area contributed by atoms with E-state index in [1.54, 1.807) is 0 Å². The first-order valence-electron chi connectivity index (χ1n) is 5.46. The average Bonchev–Trinajstić information content (AvgIpc) is 2.82. The summed E-state index contributed by atoms with van der Waals surface area (Å²) in [5.41, 5.74) is 1.19. The van der Waals surface area contributed by atoms with E-state index in [2.05, 4.69) is 4.98 Å². The minimum atomic E-state index is -2.53. The number of hydrogen-bond donors (Lipinski definition) is 0. The summed E-state index contributed by atoms with van der Waals surface area (Å²) < 4.78 is 30.8. The molecule has 0 amide bonds. The van der Waals surface area contributed by atoms with Crippen LogP contribution in [0.1, 0.15) is 12.0 Å². The van der Waals surface area contributed by atoms with Gasteiger partial charge in [0.15, 0.2) is 0 Å². The van der Waals surface area contributed by atoms with Crippen LogP contribution in [0.5, 0.6) is 0 Å². The Bertz CT molecular complexity index is 658. The summed E-state index contributed by atoms with van der Waals surface area (Å²) in [6.07, 6.45) is 0.155. The quantitative estimate of drug-likeness (QED) is 0.667. The molecule has 0 atom stereocenters. The number of para-hydroxylation sites is 1. The Balaban J connectivity index is 2.11. The van der Waals surface area contributed by atoms with E-state index in [0.717, 1.165) is 17.2 Å². The molecule has 0 radical (unpaired) electrons. The minimum absolute atomic E-state index is 0.104. The molecule has 1 aromatic carbocycles. The summed E-state index contributed by atoms with van der Waals surface area (Å²) in [5, 5.41) is 0.940. The van der Waals surface area contributed by atoms with E-state index in [1.165, 1.54) is 12.3 Å². The molecule has 0 fully saturated rings. The molecule has 2 heterocycles. The van der Waals surface area contributed by atoms with Crippen molar-refractivity contribution in [3.05, 3.63) is 54.4 Å². The Morgan fingerprint density at radius 1 is 1.06 bits per heavy atom. The molecule has 4 heteroatoms. The second-order valence-electron chi connectivity index (χ2n) is 3.96. The molecule has 0 saturated heterocycles. The third-order valence-electron chi connectivity index (χ3n) is 2.72. The molecule has 2 nitrogen and oxygen atoms in total. The van der Waals surface area contributed by atoms with Crippen LogP contribution in [0.15, 0.2) is 53.2 Å². The summed E-state index contributed by atoms with van der Waals surface area (Å²) in [7, 11) is 0. The molecule has 90 valence electrons. The number of halogens is 2. The Labute approximate surface area is 102 Å². The van der Waals surface area contributed by atoms with E-state index in [4.69, 9.17) is 4.42 Å². The topological polar surface area (TPSA) is 26.0 Å². The highest BCUT2D eigenvalue weighted by atomic mass is 19.3. The predicted octanol–water partition coefficient (Wildman–Crippen LogP) is 4.43. The van der Waals surface area contributed by atoms with Crippen molar-refractivity contribution in [2.75, 3.05) is 0 Å². The van der Waals surface area contributed by atoms with Crippen molar-refractivity contribution in [1.29, 1.82) is 0 Å². The van der Waals surface area contributed by atoms with Gasteiger partial charge in [0.25, 0.3) is 6.43 Å². The number of pyridine rings is 1. The summed E-state index contributed by atoms with van der Waals surface area (Å²) in [4.78, 5) is 3.81. The van der Waals surface area contributed by atoms with E-state index >= 15 is 0 Å². The van der Waals surface area contributed by atoms with Gasteiger partial charge in [0.05, 0.1) is 0 Å². The van der Waals surface area contributed by atoms with Gasteiger partial charge in [-0.1, -0.05) is 18.2 Å². The molecule has 3 rings (SSSR count). The van der Waals surface area contributed by atoms with Gasteiger partial charge in [-0.05, 0) is 18.2 Å². The van der Waals surface area contributed by atoms with Crippen molar-refractivity contribution in [3.8, 4) is 11.3 Å². The number of furan rings is 1. The van der Waals surface area contributed by atoms with Gasteiger partial charge in [-0.3, -0.25) is 4.98 Å². The molecule has 2 aromatic heterocycles. The predicted molar refractivity (Wildman–Crippen MR) is 64.4 cm³/mol. The molecule has 0 aliphatic rings.